The predicted molar refractivity (Wildman–Crippen MR) is 128 cm³/mol. The molecule has 31 heavy (non-hydrogen) atoms. The third-order valence-electron chi connectivity index (χ3n) is 4.62. The Balaban J connectivity index is 0.000000649. The summed E-state index contributed by atoms with van der Waals surface area (Å²) in [6.07, 6.45) is 9.36. The van der Waals surface area contributed by atoms with E-state index in [0.29, 0.717) is 25.5 Å². The summed E-state index contributed by atoms with van der Waals surface area (Å²) in [5, 5.41) is 8.69. The number of ether oxygens (including phenoxy) is 2. The van der Waals surface area contributed by atoms with E-state index in [9.17, 15) is 9.59 Å². The largest absolute Gasteiger partial charge is 0.496 e. The Morgan fingerprint density at radius 3 is 2.48 bits per heavy atom. The molecule has 1 atom stereocenters. The van der Waals surface area contributed by atoms with Gasteiger partial charge in [0.2, 0.25) is 12.8 Å². The van der Waals surface area contributed by atoms with Crippen molar-refractivity contribution in [2.75, 3.05) is 45.8 Å². The first-order valence-corrected chi connectivity index (χ1v) is 10.6. The first-order valence-electron chi connectivity index (χ1n) is 10.6. The SMILES string of the molecule is CCC(CCNc1ccc(OC)c(C)c1)CNC=O.COC/C=C(C)\C=C/CNC=O. The van der Waals surface area contributed by atoms with Crippen LogP contribution in [0.4, 0.5) is 5.69 Å². The standard InChI is InChI=1S/C15H24N2O2.C9H15NO2/c1-4-13(10-16-11-18)7-8-17-14-5-6-15(19-3)12(2)9-14;1-9(5-7-12-2)4-3-6-10-8-11/h5-6,9,11,13,17H,4,7-8,10H2,1-3H3,(H,16,18);3-5,8H,6-7H2,1-2H3,(H,10,11)/b;4-3-,9-5-. The third-order valence-corrected chi connectivity index (χ3v) is 4.62. The maximum absolute atomic E-state index is 10.3. The number of hydrogen-bond donors (Lipinski definition) is 3. The quantitative estimate of drug-likeness (QED) is 0.224. The number of allylic oxidation sites excluding steroid dienone is 2. The molecule has 0 aliphatic carbocycles. The topological polar surface area (TPSA) is 88.7 Å². The summed E-state index contributed by atoms with van der Waals surface area (Å²) in [5.41, 5.74) is 3.36. The molecule has 0 aromatic heterocycles. The second-order valence-electron chi connectivity index (χ2n) is 7.03. The van der Waals surface area contributed by atoms with Crippen molar-refractivity contribution in [2.24, 2.45) is 5.92 Å². The lowest BCUT2D eigenvalue weighted by Gasteiger charge is -2.15. The van der Waals surface area contributed by atoms with Crippen LogP contribution >= 0.6 is 0 Å². The van der Waals surface area contributed by atoms with Crippen LogP contribution in [-0.2, 0) is 14.3 Å². The highest BCUT2D eigenvalue weighted by atomic mass is 16.5. The lowest BCUT2D eigenvalue weighted by molar-refractivity contribution is -0.110. The average molecular weight is 434 g/mol. The highest BCUT2D eigenvalue weighted by molar-refractivity contribution is 5.50. The number of hydrogen-bond acceptors (Lipinski definition) is 5. The molecule has 0 aliphatic heterocycles. The van der Waals surface area contributed by atoms with Crippen molar-refractivity contribution in [3.8, 4) is 5.75 Å². The van der Waals surface area contributed by atoms with Gasteiger partial charge >= 0.3 is 0 Å². The Kier molecular flexibility index (Phi) is 17.4. The number of carbonyl (C=O) groups excluding carboxylic acids is 2. The minimum atomic E-state index is 0.525. The van der Waals surface area contributed by atoms with Crippen LogP contribution in [0.3, 0.4) is 0 Å². The van der Waals surface area contributed by atoms with Gasteiger partial charge < -0.3 is 25.4 Å². The van der Waals surface area contributed by atoms with E-state index in [4.69, 9.17) is 9.47 Å². The van der Waals surface area contributed by atoms with E-state index in [1.54, 1.807) is 14.2 Å². The van der Waals surface area contributed by atoms with Gasteiger partial charge in [-0.25, -0.2) is 0 Å². The highest BCUT2D eigenvalue weighted by Crippen LogP contribution is 2.21. The number of nitrogens with one attached hydrogen (secondary N) is 3. The fourth-order valence-corrected chi connectivity index (χ4v) is 2.72. The van der Waals surface area contributed by atoms with Crippen molar-refractivity contribution >= 4 is 18.5 Å². The van der Waals surface area contributed by atoms with E-state index >= 15 is 0 Å². The number of carbonyl (C=O) groups is 2. The molecule has 7 heteroatoms. The number of amides is 2. The number of aryl methyl sites for hydroxylation is 1. The van der Waals surface area contributed by atoms with Gasteiger partial charge in [0.1, 0.15) is 5.75 Å². The summed E-state index contributed by atoms with van der Waals surface area (Å²) in [4.78, 5) is 20.1. The molecule has 0 saturated carbocycles. The third kappa shape index (κ3) is 14.8. The van der Waals surface area contributed by atoms with Crippen LogP contribution in [0, 0.1) is 12.8 Å². The van der Waals surface area contributed by atoms with E-state index < -0.39 is 0 Å². The van der Waals surface area contributed by atoms with Crippen molar-refractivity contribution in [3.63, 3.8) is 0 Å². The smallest absolute Gasteiger partial charge is 0.207 e. The maximum Gasteiger partial charge on any atom is 0.207 e. The van der Waals surface area contributed by atoms with Gasteiger partial charge in [-0.15, -0.1) is 0 Å². The summed E-state index contributed by atoms with van der Waals surface area (Å²) in [6, 6.07) is 6.09. The van der Waals surface area contributed by atoms with Crippen LogP contribution in [0.15, 0.2) is 42.0 Å². The molecule has 0 bridgehead atoms. The molecule has 2 amide bonds. The van der Waals surface area contributed by atoms with Crippen LogP contribution in [0.5, 0.6) is 5.75 Å². The number of anilines is 1. The first-order chi connectivity index (χ1) is 15.0. The Morgan fingerprint density at radius 1 is 1.16 bits per heavy atom. The van der Waals surface area contributed by atoms with Gasteiger partial charge in [-0.3, -0.25) is 9.59 Å². The minimum Gasteiger partial charge on any atom is -0.496 e. The van der Waals surface area contributed by atoms with Crippen LogP contribution in [0.2, 0.25) is 0 Å². The summed E-state index contributed by atoms with van der Waals surface area (Å²) in [7, 11) is 3.34. The fourth-order valence-electron chi connectivity index (χ4n) is 2.72. The highest BCUT2D eigenvalue weighted by Gasteiger charge is 2.05. The first kappa shape index (κ1) is 28.2. The van der Waals surface area contributed by atoms with Crippen LogP contribution in [0.25, 0.3) is 0 Å². The second kappa shape index (κ2) is 19.2. The van der Waals surface area contributed by atoms with Crippen molar-refractivity contribution in [2.45, 2.75) is 33.6 Å². The Hall–Kier alpha value is -2.80. The monoisotopic (exact) mass is 433 g/mol. The van der Waals surface area contributed by atoms with Gasteiger partial charge in [0, 0.05) is 32.4 Å². The van der Waals surface area contributed by atoms with Crippen LogP contribution in [-0.4, -0.2) is 53.3 Å². The van der Waals surface area contributed by atoms with Crippen molar-refractivity contribution in [3.05, 3.63) is 47.6 Å². The van der Waals surface area contributed by atoms with E-state index in [1.807, 2.05) is 44.2 Å². The van der Waals surface area contributed by atoms with E-state index in [-0.39, 0.29) is 0 Å². The predicted octanol–water partition coefficient (Wildman–Crippen LogP) is 3.46. The number of rotatable bonds is 15. The van der Waals surface area contributed by atoms with Crippen molar-refractivity contribution < 1.29 is 19.1 Å². The molecule has 174 valence electrons. The summed E-state index contributed by atoms with van der Waals surface area (Å²) in [5.74, 6) is 1.43. The lowest BCUT2D eigenvalue weighted by Crippen LogP contribution is -2.22. The van der Waals surface area contributed by atoms with Gasteiger partial charge in [-0.1, -0.05) is 37.1 Å². The number of methoxy groups -OCH3 is 2. The lowest BCUT2D eigenvalue weighted by atomic mass is 10.0. The molecule has 0 aliphatic rings. The molecule has 1 aromatic rings. The molecule has 0 saturated heterocycles. The van der Waals surface area contributed by atoms with E-state index in [1.165, 1.54) is 0 Å². The van der Waals surface area contributed by atoms with E-state index in [2.05, 4.69) is 28.9 Å². The molecule has 1 rings (SSSR count). The van der Waals surface area contributed by atoms with E-state index in [0.717, 1.165) is 54.9 Å². The van der Waals surface area contributed by atoms with Crippen LogP contribution < -0.4 is 20.7 Å². The zero-order valence-corrected chi connectivity index (χ0v) is 19.6. The van der Waals surface area contributed by atoms with Crippen molar-refractivity contribution in [1.29, 1.82) is 0 Å². The Bertz CT molecular complexity index is 675. The van der Waals surface area contributed by atoms with Gasteiger partial charge in [0.05, 0.1) is 13.7 Å². The van der Waals surface area contributed by atoms with Gasteiger partial charge in [-0.2, -0.15) is 0 Å². The zero-order chi connectivity index (χ0) is 23.3. The summed E-state index contributed by atoms with van der Waals surface area (Å²) >= 11 is 0. The van der Waals surface area contributed by atoms with Gasteiger partial charge in [-0.05, 0) is 49.9 Å². The Labute approximate surface area is 187 Å². The molecule has 0 fully saturated rings. The molecule has 0 heterocycles. The molecule has 3 N–H and O–H groups in total. The van der Waals surface area contributed by atoms with Gasteiger partial charge in [0.25, 0.3) is 0 Å². The molecule has 7 nitrogen and oxygen atoms in total. The van der Waals surface area contributed by atoms with Gasteiger partial charge in [0.15, 0.2) is 0 Å². The fraction of sp³-hybridized carbons (Fsp3) is 0.500. The molecular formula is C24H39N3O4. The number of benzene rings is 1. The summed E-state index contributed by atoms with van der Waals surface area (Å²) in [6.45, 7) is 9.02. The summed E-state index contributed by atoms with van der Waals surface area (Å²) < 4.78 is 10.1. The normalized spacial score (nSPS) is 11.8. The second-order valence-corrected chi connectivity index (χ2v) is 7.03. The average Bonchev–Trinajstić information content (AvgIpc) is 2.78. The minimum absolute atomic E-state index is 0.525. The molecule has 1 aromatic carbocycles. The molecule has 1 unspecified atom stereocenters. The maximum atomic E-state index is 10.3. The molecular weight excluding hydrogens is 394 g/mol. The van der Waals surface area contributed by atoms with Crippen LogP contribution in [0.1, 0.15) is 32.3 Å². The van der Waals surface area contributed by atoms with Crippen molar-refractivity contribution in [1.82, 2.24) is 10.6 Å². The molecule has 0 radical (unpaired) electrons. The zero-order valence-electron chi connectivity index (χ0n) is 19.6. The Morgan fingerprint density at radius 2 is 1.90 bits per heavy atom. The molecule has 0 spiro atoms.